The van der Waals surface area contributed by atoms with Gasteiger partial charge in [0.15, 0.2) is 0 Å². The SMILES string of the molecule is Nc1c(Cl)cccc1OCC1CCCCCC1. The summed E-state index contributed by atoms with van der Waals surface area (Å²) in [7, 11) is 0. The van der Waals surface area contributed by atoms with Gasteiger partial charge in [-0.1, -0.05) is 43.4 Å². The fraction of sp³-hybridized carbons (Fsp3) is 0.571. The van der Waals surface area contributed by atoms with Crippen molar-refractivity contribution in [2.45, 2.75) is 38.5 Å². The molecule has 0 aromatic heterocycles. The highest BCUT2D eigenvalue weighted by Crippen LogP contribution is 2.30. The van der Waals surface area contributed by atoms with Gasteiger partial charge in [-0.05, 0) is 30.9 Å². The highest BCUT2D eigenvalue weighted by Gasteiger charge is 2.13. The summed E-state index contributed by atoms with van der Waals surface area (Å²) in [6.45, 7) is 0.768. The molecule has 2 nitrogen and oxygen atoms in total. The summed E-state index contributed by atoms with van der Waals surface area (Å²) in [5.41, 5.74) is 6.43. The van der Waals surface area contributed by atoms with Crippen LogP contribution in [0.3, 0.4) is 0 Å². The van der Waals surface area contributed by atoms with E-state index < -0.39 is 0 Å². The minimum absolute atomic E-state index is 0.558. The number of benzene rings is 1. The van der Waals surface area contributed by atoms with Gasteiger partial charge in [-0.3, -0.25) is 0 Å². The highest BCUT2D eigenvalue weighted by atomic mass is 35.5. The summed E-state index contributed by atoms with van der Waals surface area (Å²) in [6, 6.07) is 5.55. The number of nitrogens with two attached hydrogens (primary N) is 1. The summed E-state index contributed by atoms with van der Waals surface area (Å²) in [4.78, 5) is 0. The molecule has 0 radical (unpaired) electrons. The number of halogens is 1. The van der Waals surface area contributed by atoms with E-state index in [9.17, 15) is 0 Å². The topological polar surface area (TPSA) is 35.2 Å². The molecule has 0 unspecified atom stereocenters. The first kappa shape index (κ1) is 12.6. The molecule has 1 aliphatic carbocycles. The number of hydrogen-bond donors (Lipinski definition) is 1. The lowest BCUT2D eigenvalue weighted by Gasteiger charge is -2.16. The molecule has 2 N–H and O–H groups in total. The van der Waals surface area contributed by atoms with E-state index in [1.54, 1.807) is 6.07 Å². The Hall–Kier alpha value is -0.890. The maximum Gasteiger partial charge on any atom is 0.143 e. The molecule has 1 saturated carbocycles. The smallest absolute Gasteiger partial charge is 0.143 e. The normalized spacial score (nSPS) is 17.7. The highest BCUT2D eigenvalue weighted by molar-refractivity contribution is 6.33. The van der Waals surface area contributed by atoms with E-state index in [2.05, 4.69) is 0 Å². The maximum atomic E-state index is 5.96. The van der Waals surface area contributed by atoms with E-state index in [1.165, 1.54) is 38.5 Å². The second-order valence-corrected chi connectivity index (χ2v) is 5.23. The van der Waals surface area contributed by atoms with Crippen molar-refractivity contribution in [3.63, 3.8) is 0 Å². The van der Waals surface area contributed by atoms with E-state index in [0.29, 0.717) is 16.6 Å². The summed E-state index contributed by atoms with van der Waals surface area (Å²) >= 11 is 5.96. The molecule has 1 aliphatic rings. The Bertz CT molecular complexity index is 359. The Morgan fingerprint density at radius 2 is 1.88 bits per heavy atom. The van der Waals surface area contributed by atoms with E-state index in [0.717, 1.165) is 12.4 Å². The molecule has 1 aromatic carbocycles. The average Bonchev–Trinajstić information content (AvgIpc) is 2.59. The third-order valence-corrected chi connectivity index (χ3v) is 3.79. The third-order valence-electron chi connectivity index (χ3n) is 3.46. The number of rotatable bonds is 3. The summed E-state index contributed by atoms with van der Waals surface area (Å²) < 4.78 is 5.80. The van der Waals surface area contributed by atoms with Crippen molar-refractivity contribution in [2.75, 3.05) is 12.3 Å². The van der Waals surface area contributed by atoms with Crippen LogP contribution in [0.5, 0.6) is 5.75 Å². The number of anilines is 1. The van der Waals surface area contributed by atoms with Gasteiger partial charge in [0.05, 0.1) is 17.3 Å². The van der Waals surface area contributed by atoms with Crippen LogP contribution in [0.25, 0.3) is 0 Å². The summed E-state index contributed by atoms with van der Waals surface area (Å²) in [6.07, 6.45) is 7.96. The predicted molar refractivity (Wildman–Crippen MR) is 72.6 cm³/mol. The molecule has 94 valence electrons. The zero-order chi connectivity index (χ0) is 12.1. The van der Waals surface area contributed by atoms with Crippen LogP contribution in [0.1, 0.15) is 38.5 Å². The van der Waals surface area contributed by atoms with Crippen molar-refractivity contribution in [2.24, 2.45) is 5.92 Å². The van der Waals surface area contributed by atoms with E-state index in [-0.39, 0.29) is 0 Å². The van der Waals surface area contributed by atoms with E-state index >= 15 is 0 Å². The fourth-order valence-electron chi connectivity index (χ4n) is 2.38. The molecule has 0 bridgehead atoms. The van der Waals surface area contributed by atoms with Crippen LogP contribution < -0.4 is 10.5 Å². The maximum absolute atomic E-state index is 5.96. The van der Waals surface area contributed by atoms with Crippen molar-refractivity contribution >= 4 is 17.3 Å². The van der Waals surface area contributed by atoms with Gasteiger partial charge in [0, 0.05) is 0 Å². The molecular weight excluding hydrogens is 234 g/mol. The van der Waals surface area contributed by atoms with Gasteiger partial charge in [-0.25, -0.2) is 0 Å². The van der Waals surface area contributed by atoms with Gasteiger partial charge >= 0.3 is 0 Å². The third kappa shape index (κ3) is 3.53. The quantitative estimate of drug-likeness (QED) is 0.645. The molecule has 0 amide bonds. The van der Waals surface area contributed by atoms with Crippen molar-refractivity contribution in [1.29, 1.82) is 0 Å². The predicted octanol–water partition coefficient (Wildman–Crippen LogP) is 4.27. The van der Waals surface area contributed by atoms with E-state index in [1.807, 2.05) is 12.1 Å². The second-order valence-electron chi connectivity index (χ2n) is 4.82. The number of ether oxygens (including phenoxy) is 1. The molecule has 0 spiro atoms. The van der Waals surface area contributed by atoms with Crippen molar-refractivity contribution < 1.29 is 4.74 Å². The fourth-order valence-corrected chi connectivity index (χ4v) is 2.55. The van der Waals surface area contributed by atoms with Crippen LogP contribution in [0.15, 0.2) is 18.2 Å². The lowest BCUT2D eigenvalue weighted by molar-refractivity contribution is 0.235. The van der Waals surface area contributed by atoms with Crippen LogP contribution >= 0.6 is 11.6 Å². The molecule has 1 fully saturated rings. The molecule has 3 heteroatoms. The first-order valence-electron chi connectivity index (χ1n) is 6.44. The Morgan fingerprint density at radius 3 is 2.59 bits per heavy atom. The van der Waals surface area contributed by atoms with Gasteiger partial charge < -0.3 is 10.5 Å². The lowest BCUT2D eigenvalue weighted by atomic mass is 10.0. The van der Waals surface area contributed by atoms with Crippen LogP contribution in [-0.2, 0) is 0 Å². The number of nitrogen functional groups attached to an aromatic ring is 1. The van der Waals surface area contributed by atoms with Gasteiger partial charge in [-0.15, -0.1) is 0 Å². The summed E-state index contributed by atoms with van der Waals surface area (Å²) in [5.74, 6) is 1.40. The molecule has 0 saturated heterocycles. The first-order valence-corrected chi connectivity index (χ1v) is 6.82. The largest absolute Gasteiger partial charge is 0.491 e. The Balaban J connectivity index is 1.90. The standard InChI is InChI=1S/C14H20ClNO/c15-12-8-5-9-13(14(12)16)17-10-11-6-3-1-2-4-7-11/h5,8-9,11H,1-4,6-7,10,16H2. The van der Waals surface area contributed by atoms with Gasteiger partial charge in [0.25, 0.3) is 0 Å². The molecule has 1 aromatic rings. The Labute approximate surface area is 108 Å². The number of hydrogen-bond acceptors (Lipinski definition) is 2. The zero-order valence-electron chi connectivity index (χ0n) is 10.1. The van der Waals surface area contributed by atoms with Gasteiger partial charge in [0.1, 0.15) is 5.75 Å². The first-order chi connectivity index (χ1) is 8.27. The molecule has 0 atom stereocenters. The van der Waals surface area contributed by atoms with Crippen molar-refractivity contribution in [3.05, 3.63) is 23.2 Å². The number of para-hydroxylation sites is 1. The molecule has 0 aliphatic heterocycles. The van der Waals surface area contributed by atoms with Crippen molar-refractivity contribution in [3.8, 4) is 5.75 Å². The average molecular weight is 254 g/mol. The van der Waals surface area contributed by atoms with Gasteiger partial charge in [-0.2, -0.15) is 0 Å². The van der Waals surface area contributed by atoms with E-state index in [4.69, 9.17) is 22.1 Å². The second kappa shape index (κ2) is 6.15. The minimum Gasteiger partial charge on any atom is -0.491 e. The molecule has 2 rings (SSSR count). The molecule has 0 heterocycles. The monoisotopic (exact) mass is 253 g/mol. The van der Waals surface area contributed by atoms with Crippen molar-refractivity contribution in [1.82, 2.24) is 0 Å². The molecule has 17 heavy (non-hydrogen) atoms. The Kier molecular flexibility index (Phi) is 4.55. The Morgan fingerprint density at radius 1 is 1.18 bits per heavy atom. The molecular formula is C14H20ClNO. The van der Waals surface area contributed by atoms with Crippen LogP contribution in [-0.4, -0.2) is 6.61 Å². The minimum atomic E-state index is 0.558. The van der Waals surface area contributed by atoms with Crippen LogP contribution in [0, 0.1) is 5.92 Å². The van der Waals surface area contributed by atoms with Gasteiger partial charge in [0.2, 0.25) is 0 Å². The zero-order valence-corrected chi connectivity index (χ0v) is 10.9. The lowest BCUT2D eigenvalue weighted by Crippen LogP contribution is -2.12. The summed E-state index contributed by atoms with van der Waals surface area (Å²) in [5, 5.41) is 0.573. The van der Waals surface area contributed by atoms with Crippen LogP contribution in [0.2, 0.25) is 5.02 Å². The van der Waals surface area contributed by atoms with Crippen LogP contribution in [0.4, 0.5) is 5.69 Å².